The molecule has 1 amide bonds. The average molecular weight is 241 g/mol. The largest absolute Gasteiger partial charge is 0.354 e. The molecule has 1 aliphatic heterocycles. The molecule has 3 N–H and O–H groups in total. The molecule has 4 nitrogen and oxygen atoms in total. The first kappa shape index (κ1) is 14.5. The van der Waals surface area contributed by atoms with Crippen molar-refractivity contribution in [3.8, 4) is 0 Å². The summed E-state index contributed by atoms with van der Waals surface area (Å²) in [7, 11) is 0. The molecule has 100 valence electrons. The van der Waals surface area contributed by atoms with Gasteiger partial charge in [0.25, 0.3) is 0 Å². The first-order valence-corrected chi connectivity index (χ1v) is 6.84. The molecule has 0 aliphatic carbocycles. The molecule has 17 heavy (non-hydrogen) atoms. The topological polar surface area (TPSA) is 58.4 Å². The second kappa shape index (κ2) is 6.97. The van der Waals surface area contributed by atoms with Crippen LogP contribution in [0.5, 0.6) is 0 Å². The Morgan fingerprint density at radius 1 is 1.53 bits per heavy atom. The molecule has 0 aromatic carbocycles. The predicted octanol–water partition coefficient (Wildman–Crippen LogP) is 0.818. The second-order valence-electron chi connectivity index (χ2n) is 5.20. The van der Waals surface area contributed by atoms with Crippen LogP contribution in [0.4, 0.5) is 0 Å². The maximum absolute atomic E-state index is 11.8. The van der Waals surface area contributed by atoms with Gasteiger partial charge in [0.15, 0.2) is 0 Å². The predicted molar refractivity (Wildman–Crippen MR) is 70.7 cm³/mol. The van der Waals surface area contributed by atoms with Crippen LogP contribution in [0.25, 0.3) is 0 Å². The van der Waals surface area contributed by atoms with E-state index in [1.165, 1.54) is 6.42 Å². The highest BCUT2D eigenvalue weighted by molar-refractivity contribution is 5.81. The molecule has 3 unspecified atom stereocenters. The summed E-state index contributed by atoms with van der Waals surface area (Å²) in [6, 6.07) is -0.358. The second-order valence-corrected chi connectivity index (χ2v) is 5.20. The lowest BCUT2D eigenvalue weighted by atomic mass is 9.99. The molecule has 1 heterocycles. The molecule has 1 rings (SSSR count). The number of rotatable bonds is 6. The third-order valence-electron chi connectivity index (χ3n) is 3.94. The van der Waals surface area contributed by atoms with Gasteiger partial charge in [-0.1, -0.05) is 27.2 Å². The zero-order valence-corrected chi connectivity index (χ0v) is 11.4. The van der Waals surface area contributed by atoms with Crippen LogP contribution in [-0.2, 0) is 4.79 Å². The lowest BCUT2D eigenvalue weighted by Gasteiger charge is -2.19. The normalized spacial score (nSPS) is 24.6. The zero-order valence-electron chi connectivity index (χ0n) is 11.4. The Morgan fingerprint density at radius 3 is 2.76 bits per heavy atom. The molecule has 4 heteroatoms. The molecule has 0 aromatic rings. The lowest BCUT2D eigenvalue weighted by molar-refractivity contribution is -0.123. The number of carbonyl (C=O) groups excluding carboxylic acids is 1. The van der Waals surface area contributed by atoms with Gasteiger partial charge in [-0.3, -0.25) is 4.79 Å². The molecule has 3 atom stereocenters. The van der Waals surface area contributed by atoms with Gasteiger partial charge in [0.2, 0.25) is 5.91 Å². The van der Waals surface area contributed by atoms with E-state index in [2.05, 4.69) is 24.1 Å². The Labute approximate surface area is 105 Å². The zero-order chi connectivity index (χ0) is 12.8. The Bertz CT molecular complexity index is 245. The highest BCUT2D eigenvalue weighted by Gasteiger charge is 2.24. The first-order chi connectivity index (χ1) is 8.08. The van der Waals surface area contributed by atoms with E-state index in [1.807, 2.05) is 6.92 Å². The standard InChI is InChI=1S/C13H27N3O/c1-4-10(3)12(14)13(17)15-8-11-6-7-16(5-2)9-11/h10-12H,4-9,14H2,1-3H3,(H,15,17). The van der Waals surface area contributed by atoms with E-state index >= 15 is 0 Å². The first-order valence-electron chi connectivity index (χ1n) is 6.84. The summed E-state index contributed by atoms with van der Waals surface area (Å²) in [5.74, 6) is 0.864. The minimum atomic E-state index is -0.358. The van der Waals surface area contributed by atoms with Gasteiger partial charge in [0.1, 0.15) is 0 Å². The van der Waals surface area contributed by atoms with Gasteiger partial charge in [0.05, 0.1) is 6.04 Å². The van der Waals surface area contributed by atoms with Crippen LogP contribution in [0.3, 0.4) is 0 Å². The number of nitrogens with two attached hydrogens (primary N) is 1. The van der Waals surface area contributed by atoms with E-state index < -0.39 is 0 Å². The van der Waals surface area contributed by atoms with Crippen molar-refractivity contribution in [1.29, 1.82) is 0 Å². The number of nitrogens with zero attached hydrogens (tertiary/aromatic N) is 1. The van der Waals surface area contributed by atoms with Gasteiger partial charge >= 0.3 is 0 Å². The van der Waals surface area contributed by atoms with Crippen molar-refractivity contribution in [1.82, 2.24) is 10.2 Å². The van der Waals surface area contributed by atoms with Crippen molar-refractivity contribution in [2.75, 3.05) is 26.2 Å². The molecule has 1 saturated heterocycles. The minimum absolute atomic E-state index is 0.00861. The van der Waals surface area contributed by atoms with Crippen LogP contribution in [0, 0.1) is 11.8 Å². The van der Waals surface area contributed by atoms with Crippen LogP contribution in [0.1, 0.15) is 33.6 Å². The van der Waals surface area contributed by atoms with Gasteiger partial charge in [0, 0.05) is 13.1 Å². The number of amides is 1. The molecule has 0 aromatic heterocycles. The van der Waals surface area contributed by atoms with Crippen LogP contribution in [0.2, 0.25) is 0 Å². The van der Waals surface area contributed by atoms with Crippen molar-refractivity contribution in [2.45, 2.75) is 39.7 Å². The Hall–Kier alpha value is -0.610. The Morgan fingerprint density at radius 2 is 2.24 bits per heavy atom. The Kier molecular flexibility index (Phi) is 5.92. The van der Waals surface area contributed by atoms with Crippen LogP contribution in [0.15, 0.2) is 0 Å². The Balaban J connectivity index is 2.24. The van der Waals surface area contributed by atoms with E-state index in [9.17, 15) is 4.79 Å². The van der Waals surface area contributed by atoms with Crippen LogP contribution in [-0.4, -0.2) is 43.0 Å². The summed E-state index contributed by atoms with van der Waals surface area (Å²) in [6.07, 6.45) is 2.13. The monoisotopic (exact) mass is 241 g/mol. The molecular formula is C13H27N3O. The number of likely N-dealkylation sites (tertiary alicyclic amines) is 1. The van der Waals surface area contributed by atoms with Gasteiger partial charge < -0.3 is 16.0 Å². The van der Waals surface area contributed by atoms with E-state index in [4.69, 9.17) is 5.73 Å². The molecule has 1 aliphatic rings. The molecule has 1 fully saturated rings. The van der Waals surface area contributed by atoms with Crippen molar-refractivity contribution in [3.05, 3.63) is 0 Å². The van der Waals surface area contributed by atoms with Gasteiger partial charge in [-0.2, -0.15) is 0 Å². The fraction of sp³-hybridized carbons (Fsp3) is 0.923. The van der Waals surface area contributed by atoms with Gasteiger partial charge in [-0.25, -0.2) is 0 Å². The van der Waals surface area contributed by atoms with Crippen LogP contribution < -0.4 is 11.1 Å². The van der Waals surface area contributed by atoms with E-state index in [1.54, 1.807) is 0 Å². The summed E-state index contributed by atoms with van der Waals surface area (Å²) >= 11 is 0. The van der Waals surface area contributed by atoms with Crippen molar-refractivity contribution >= 4 is 5.91 Å². The maximum Gasteiger partial charge on any atom is 0.237 e. The fourth-order valence-electron chi connectivity index (χ4n) is 2.24. The van der Waals surface area contributed by atoms with Crippen molar-refractivity contribution in [3.63, 3.8) is 0 Å². The number of nitrogens with one attached hydrogen (secondary N) is 1. The summed E-state index contributed by atoms with van der Waals surface area (Å²) < 4.78 is 0. The molecule has 0 spiro atoms. The number of hydrogen-bond donors (Lipinski definition) is 2. The van der Waals surface area contributed by atoms with Crippen molar-refractivity contribution in [2.24, 2.45) is 17.6 Å². The molecule has 0 saturated carbocycles. The summed E-state index contributed by atoms with van der Waals surface area (Å²) in [4.78, 5) is 14.2. The minimum Gasteiger partial charge on any atom is -0.354 e. The smallest absolute Gasteiger partial charge is 0.237 e. The summed E-state index contributed by atoms with van der Waals surface area (Å²) in [6.45, 7) is 10.4. The lowest BCUT2D eigenvalue weighted by Crippen LogP contribution is -2.46. The SMILES string of the molecule is CCC(C)C(N)C(=O)NCC1CCN(CC)C1. The van der Waals surface area contributed by atoms with E-state index in [-0.39, 0.29) is 17.9 Å². The molecule has 0 bridgehead atoms. The maximum atomic E-state index is 11.8. The van der Waals surface area contributed by atoms with Gasteiger partial charge in [-0.15, -0.1) is 0 Å². The van der Waals surface area contributed by atoms with Crippen LogP contribution >= 0.6 is 0 Å². The van der Waals surface area contributed by atoms with Gasteiger partial charge in [-0.05, 0) is 31.3 Å². The fourth-order valence-corrected chi connectivity index (χ4v) is 2.24. The third kappa shape index (κ3) is 4.28. The van der Waals surface area contributed by atoms with E-state index in [0.717, 1.165) is 32.6 Å². The quantitative estimate of drug-likeness (QED) is 0.724. The highest BCUT2D eigenvalue weighted by atomic mass is 16.2. The van der Waals surface area contributed by atoms with E-state index in [0.29, 0.717) is 5.92 Å². The number of carbonyl (C=O) groups is 1. The molecule has 0 radical (unpaired) electrons. The summed E-state index contributed by atoms with van der Waals surface area (Å²) in [5, 5.41) is 2.99. The van der Waals surface area contributed by atoms with Crippen molar-refractivity contribution < 1.29 is 4.79 Å². The number of hydrogen-bond acceptors (Lipinski definition) is 3. The highest BCUT2D eigenvalue weighted by Crippen LogP contribution is 2.14. The third-order valence-corrected chi connectivity index (χ3v) is 3.94. The molecular weight excluding hydrogens is 214 g/mol. The average Bonchev–Trinajstić information content (AvgIpc) is 2.81. The summed E-state index contributed by atoms with van der Waals surface area (Å²) in [5.41, 5.74) is 5.89.